The number of benzene rings is 2. The molecule has 0 fully saturated rings. The van der Waals surface area contributed by atoms with E-state index in [1.807, 2.05) is 32.9 Å². The van der Waals surface area contributed by atoms with Crippen LogP contribution >= 0.6 is 0 Å². The minimum Gasteiger partial charge on any atom is -0.507 e. The van der Waals surface area contributed by atoms with Gasteiger partial charge in [0.2, 0.25) is 11.8 Å². The van der Waals surface area contributed by atoms with E-state index in [4.69, 9.17) is 4.42 Å². The van der Waals surface area contributed by atoms with Gasteiger partial charge in [0.05, 0.1) is 5.56 Å². The Hall–Kier alpha value is -2.82. The Bertz CT molecular complexity index is 912. The standard InChI is InChI=1S/C19H20N2O3/c1-4-5-17(23)20-13-6-7-16(22)14(10-13)19-21-15-9-11(2)8-12(3)18(15)24-19/h6-10,22H,4-5H2,1-3H3,(H,20,23). The lowest BCUT2D eigenvalue weighted by molar-refractivity contribution is -0.116. The molecule has 0 unspecified atom stereocenters. The smallest absolute Gasteiger partial charge is 0.231 e. The molecule has 1 aromatic heterocycles. The van der Waals surface area contributed by atoms with Gasteiger partial charge in [-0.05, 0) is 55.7 Å². The lowest BCUT2D eigenvalue weighted by Crippen LogP contribution is -2.10. The fraction of sp³-hybridized carbons (Fsp3) is 0.263. The Labute approximate surface area is 140 Å². The van der Waals surface area contributed by atoms with Gasteiger partial charge in [-0.3, -0.25) is 4.79 Å². The number of carbonyl (C=O) groups is 1. The van der Waals surface area contributed by atoms with Gasteiger partial charge in [0.15, 0.2) is 5.58 Å². The van der Waals surface area contributed by atoms with Crippen LogP contribution in [0.1, 0.15) is 30.9 Å². The molecule has 0 aliphatic heterocycles. The molecule has 0 aliphatic carbocycles. The summed E-state index contributed by atoms with van der Waals surface area (Å²) in [6.45, 7) is 5.91. The van der Waals surface area contributed by atoms with Crippen LogP contribution in [0, 0.1) is 13.8 Å². The van der Waals surface area contributed by atoms with Crippen LogP contribution in [0.3, 0.4) is 0 Å². The summed E-state index contributed by atoms with van der Waals surface area (Å²) in [5.74, 6) is 0.338. The number of nitrogens with zero attached hydrogens (tertiary/aromatic N) is 1. The molecular weight excluding hydrogens is 304 g/mol. The first-order valence-corrected chi connectivity index (χ1v) is 7.99. The highest BCUT2D eigenvalue weighted by molar-refractivity contribution is 5.92. The molecule has 5 nitrogen and oxygen atoms in total. The second-order valence-electron chi connectivity index (χ2n) is 5.98. The summed E-state index contributed by atoms with van der Waals surface area (Å²) >= 11 is 0. The molecular formula is C19H20N2O3. The van der Waals surface area contributed by atoms with E-state index in [0.29, 0.717) is 29.1 Å². The summed E-state index contributed by atoms with van der Waals surface area (Å²) in [6, 6.07) is 8.84. The molecule has 2 N–H and O–H groups in total. The topological polar surface area (TPSA) is 75.4 Å². The average molecular weight is 324 g/mol. The van der Waals surface area contributed by atoms with Crippen molar-refractivity contribution in [3.05, 3.63) is 41.5 Å². The zero-order valence-corrected chi connectivity index (χ0v) is 14.0. The number of hydrogen-bond donors (Lipinski definition) is 2. The average Bonchev–Trinajstić information content (AvgIpc) is 2.93. The molecule has 0 spiro atoms. The zero-order valence-electron chi connectivity index (χ0n) is 14.0. The maximum Gasteiger partial charge on any atom is 0.231 e. The summed E-state index contributed by atoms with van der Waals surface area (Å²) in [6.07, 6.45) is 1.23. The lowest BCUT2D eigenvalue weighted by Gasteiger charge is -2.07. The highest BCUT2D eigenvalue weighted by Crippen LogP contribution is 2.34. The molecule has 0 saturated carbocycles. The number of rotatable bonds is 4. The van der Waals surface area contributed by atoms with Crippen LogP contribution < -0.4 is 5.32 Å². The van der Waals surface area contributed by atoms with Crippen molar-refractivity contribution in [3.8, 4) is 17.2 Å². The molecule has 5 heteroatoms. The Morgan fingerprint density at radius 3 is 2.79 bits per heavy atom. The SMILES string of the molecule is CCCC(=O)Nc1ccc(O)c(-c2nc3cc(C)cc(C)c3o2)c1. The van der Waals surface area contributed by atoms with Crippen LogP contribution in [0.4, 0.5) is 5.69 Å². The number of anilines is 1. The molecule has 3 aromatic rings. The Morgan fingerprint density at radius 1 is 1.25 bits per heavy atom. The maximum atomic E-state index is 11.8. The number of nitrogens with one attached hydrogen (secondary N) is 1. The van der Waals surface area contributed by atoms with Crippen LogP contribution in [-0.4, -0.2) is 16.0 Å². The van der Waals surface area contributed by atoms with Crippen molar-refractivity contribution in [2.24, 2.45) is 0 Å². The van der Waals surface area contributed by atoms with Gasteiger partial charge in [0, 0.05) is 12.1 Å². The van der Waals surface area contributed by atoms with Crippen molar-refractivity contribution >= 4 is 22.7 Å². The van der Waals surface area contributed by atoms with Crippen molar-refractivity contribution in [1.29, 1.82) is 0 Å². The number of phenols is 1. The maximum absolute atomic E-state index is 11.8. The number of carbonyl (C=O) groups excluding carboxylic acids is 1. The van der Waals surface area contributed by atoms with Crippen molar-refractivity contribution in [2.45, 2.75) is 33.6 Å². The van der Waals surface area contributed by atoms with E-state index in [9.17, 15) is 9.90 Å². The summed E-state index contributed by atoms with van der Waals surface area (Å²) in [5, 5.41) is 13.0. The minimum absolute atomic E-state index is 0.0572. The molecule has 3 rings (SSSR count). The van der Waals surface area contributed by atoms with Gasteiger partial charge in [0.25, 0.3) is 0 Å². The monoisotopic (exact) mass is 324 g/mol. The van der Waals surface area contributed by atoms with Crippen LogP contribution in [0.5, 0.6) is 5.75 Å². The third-order valence-electron chi connectivity index (χ3n) is 3.81. The first-order chi connectivity index (χ1) is 11.5. The quantitative estimate of drug-likeness (QED) is 0.690. The predicted molar refractivity (Wildman–Crippen MR) is 94.1 cm³/mol. The van der Waals surface area contributed by atoms with Crippen molar-refractivity contribution < 1.29 is 14.3 Å². The van der Waals surface area contributed by atoms with E-state index >= 15 is 0 Å². The lowest BCUT2D eigenvalue weighted by atomic mass is 10.1. The third kappa shape index (κ3) is 3.11. The van der Waals surface area contributed by atoms with Gasteiger partial charge in [0.1, 0.15) is 11.3 Å². The first kappa shape index (κ1) is 16.1. The molecule has 0 bridgehead atoms. The summed E-state index contributed by atoms with van der Waals surface area (Å²) in [4.78, 5) is 16.2. The van der Waals surface area contributed by atoms with E-state index in [-0.39, 0.29) is 11.7 Å². The van der Waals surface area contributed by atoms with Crippen LogP contribution in [0.15, 0.2) is 34.7 Å². The van der Waals surface area contributed by atoms with E-state index in [2.05, 4.69) is 10.3 Å². The Balaban J connectivity index is 2.02. The van der Waals surface area contributed by atoms with Crippen LogP contribution in [0.2, 0.25) is 0 Å². The molecule has 24 heavy (non-hydrogen) atoms. The molecule has 2 aromatic carbocycles. The molecule has 1 heterocycles. The summed E-state index contributed by atoms with van der Waals surface area (Å²) in [7, 11) is 0. The van der Waals surface area contributed by atoms with Crippen LogP contribution in [0.25, 0.3) is 22.6 Å². The van der Waals surface area contributed by atoms with Crippen molar-refractivity contribution in [1.82, 2.24) is 4.98 Å². The van der Waals surface area contributed by atoms with Gasteiger partial charge in [-0.1, -0.05) is 13.0 Å². The van der Waals surface area contributed by atoms with Gasteiger partial charge in [-0.2, -0.15) is 0 Å². The summed E-state index contributed by atoms with van der Waals surface area (Å²) < 4.78 is 5.84. The predicted octanol–water partition coefficient (Wildman–Crippen LogP) is 4.56. The molecule has 1 amide bonds. The van der Waals surface area contributed by atoms with Crippen molar-refractivity contribution in [3.63, 3.8) is 0 Å². The van der Waals surface area contributed by atoms with Crippen LogP contribution in [-0.2, 0) is 4.79 Å². The number of aromatic nitrogens is 1. The number of aryl methyl sites for hydroxylation is 2. The van der Waals surface area contributed by atoms with Gasteiger partial charge in [-0.25, -0.2) is 4.98 Å². The molecule has 0 aliphatic rings. The Morgan fingerprint density at radius 2 is 2.04 bits per heavy atom. The second kappa shape index (κ2) is 6.35. The number of fused-ring (bicyclic) bond motifs is 1. The third-order valence-corrected chi connectivity index (χ3v) is 3.81. The number of oxazole rings is 1. The van der Waals surface area contributed by atoms with E-state index < -0.39 is 0 Å². The summed E-state index contributed by atoms with van der Waals surface area (Å²) in [5.41, 5.74) is 4.62. The largest absolute Gasteiger partial charge is 0.507 e. The number of aromatic hydroxyl groups is 1. The van der Waals surface area contributed by atoms with Gasteiger partial charge < -0.3 is 14.8 Å². The molecule has 124 valence electrons. The number of hydrogen-bond acceptors (Lipinski definition) is 4. The first-order valence-electron chi connectivity index (χ1n) is 7.99. The Kier molecular flexibility index (Phi) is 4.25. The number of amides is 1. The fourth-order valence-corrected chi connectivity index (χ4v) is 2.73. The minimum atomic E-state index is -0.0572. The normalized spacial score (nSPS) is 11.0. The second-order valence-corrected chi connectivity index (χ2v) is 5.98. The zero-order chi connectivity index (χ0) is 17.3. The molecule has 0 radical (unpaired) electrons. The van der Waals surface area contributed by atoms with E-state index in [1.54, 1.807) is 12.1 Å². The van der Waals surface area contributed by atoms with Gasteiger partial charge in [-0.15, -0.1) is 0 Å². The molecule has 0 saturated heterocycles. The number of phenolic OH excluding ortho intramolecular Hbond substituents is 1. The molecule has 0 atom stereocenters. The fourth-order valence-electron chi connectivity index (χ4n) is 2.73. The van der Waals surface area contributed by atoms with Gasteiger partial charge >= 0.3 is 0 Å². The highest BCUT2D eigenvalue weighted by Gasteiger charge is 2.15. The van der Waals surface area contributed by atoms with E-state index in [1.165, 1.54) is 6.07 Å². The van der Waals surface area contributed by atoms with Crippen molar-refractivity contribution in [2.75, 3.05) is 5.32 Å². The highest BCUT2D eigenvalue weighted by atomic mass is 16.3. The van der Waals surface area contributed by atoms with E-state index in [0.717, 1.165) is 23.1 Å².